The Morgan fingerprint density at radius 2 is 1.76 bits per heavy atom. The number of aliphatic hydroxyl groups excluding tert-OH is 2. The lowest BCUT2D eigenvalue weighted by atomic mass is 9.89. The zero-order valence-corrected chi connectivity index (χ0v) is 22.9. The summed E-state index contributed by atoms with van der Waals surface area (Å²) < 4.78 is 0. The van der Waals surface area contributed by atoms with Crippen LogP contribution in [0, 0.1) is 0 Å². The highest BCUT2D eigenvalue weighted by molar-refractivity contribution is 5.98. The fourth-order valence-electron chi connectivity index (χ4n) is 4.03. The minimum atomic E-state index is -1.83. The average Bonchev–Trinajstić information content (AvgIpc) is 3.38. The first-order valence-corrected chi connectivity index (χ1v) is 13.2. The van der Waals surface area contributed by atoms with Gasteiger partial charge >= 0.3 is 0 Å². The highest BCUT2D eigenvalue weighted by Gasteiger charge is 2.34. The third kappa shape index (κ3) is 10.1. The Bertz CT molecular complexity index is 1010. The Balaban J connectivity index is 0.000000924. The van der Waals surface area contributed by atoms with Gasteiger partial charge in [-0.2, -0.15) is 0 Å². The molecule has 8 heteroatoms. The van der Waals surface area contributed by atoms with Crippen molar-refractivity contribution in [1.29, 1.82) is 0 Å². The molecule has 0 radical (unpaired) electrons. The number of nitrogens with two attached hydrogens (primary N) is 1. The van der Waals surface area contributed by atoms with Crippen LogP contribution in [0.25, 0.3) is 0 Å². The SMILES string of the molecule is C=C/C=C\C.CC.NC(=O)C1=CCCC=C1C1=CC=C(CNC(=O)C(O)C(O)C(=O)N2CCCC2)C=CC1. The molecule has 0 aromatic heterocycles. The van der Waals surface area contributed by atoms with E-state index in [0.29, 0.717) is 25.1 Å². The van der Waals surface area contributed by atoms with Crippen molar-refractivity contribution in [1.82, 2.24) is 10.2 Å². The predicted octanol–water partition coefficient (Wildman–Crippen LogP) is 3.17. The maximum atomic E-state index is 12.2. The molecule has 5 N–H and O–H groups in total. The lowest BCUT2D eigenvalue weighted by molar-refractivity contribution is -0.152. The van der Waals surface area contributed by atoms with Crippen LogP contribution in [0.2, 0.25) is 0 Å². The molecule has 3 amide bonds. The van der Waals surface area contributed by atoms with E-state index in [1.165, 1.54) is 4.90 Å². The number of amides is 3. The second-order valence-electron chi connectivity index (χ2n) is 8.62. The molecule has 2 atom stereocenters. The van der Waals surface area contributed by atoms with Gasteiger partial charge in [0.1, 0.15) is 0 Å². The van der Waals surface area contributed by atoms with Gasteiger partial charge < -0.3 is 26.2 Å². The Kier molecular flexibility index (Phi) is 15.3. The van der Waals surface area contributed by atoms with Crippen LogP contribution < -0.4 is 11.1 Å². The summed E-state index contributed by atoms with van der Waals surface area (Å²) in [7, 11) is 0. The molecule has 1 fully saturated rings. The molecule has 0 spiro atoms. The fraction of sp³-hybridized carbons (Fsp3) is 0.433. The molecular formula is C30H43N3O5. The molecule has 1 saturated heterocycles. The summed E-state index contributed by atoms with van der Waals surface area (Å²) in [6.07, 6.45) is 17.3. The molecule has 3 aliphatic rings. The number of likely N-dealkylation sites (tertiary alicyclic amines) is 1. The molecule has 8 nitrogen and oxygen atoms in total. The summed E-state index contributed by atoms with van der Waals surface area (Å²) in [6.45, 7) is 10.6. The summed E-state index contributed by atoms with van der Waals surface area (Å²) in [5.41, 5.74) is 8.59. The van der Waals surface area contributed by atoms with Gasteiger partial charge in [-0.25, -0.2) is 0 Å². The zero-order valence-electron chi connectivity index (χ0n) is 22.9. The smallest absolute Gasteiger partial charge is 0.254 e. The highest BCUT2D eigenvalue weighted by atomic mass is 16.3. The molecule has 1 aliphatic heterocycles. The van der Waals surface area contributed by atoms with Crippen LogP contribution >= 0.6 is 0 Å². The van der Waals surface area contributed by atoms with Gasteiger partial charge in [-0.05, 0) is 55.7 Å². The maximum absolute atomic E-state index is 12.2. The van der Waals surface area contributed by atoms with Crippen molar-refractivity contribution < 1.29 is 24.6 Å². The average molecular weight is 526 g/mol. The standard InChI is InChI=1S/C23H29N3O5.C5H8.C2H6/c24-21(29)18-9-2-1-8-17(18)16-7-5-6-15(10-11-16)14-25-22(30)19(27)20(28)23(31)26-12-3-4-13-26;1-3-5-4-2;1-2/h5-6,8-11,19-20,27-28H,1-4,7,12-14H2,(H2,24,29)(H,25,30);3-5H,1H2,2H3;1-2H3/b;5-4-;. The summed E-state index contributed by atoms with van der Waals surface area (Å²) in [4.78, 5) is 37.6. The summed E-state index contributed by atoms with van der Waals surface area (Å²) in [5.74, 6) is -1.88. The third-order valence-corrected chi connectivity index (χ3v) is 5.97. The molecule has 0 aromatic rings. The number of nitrogens with zero attached hydrogens (tertiary/aromatic N) is 1. The second kappa shape index (κ2) is 17.9. The van der Waals surface area contributed by atoms with E-state index in [9.17, 15) is 24.6 Å². The number of hydrogen-bond acceptors (Lipinski definition) is 5. The van der Waals surface area contributed by atoms with Crippen LogP contribution in [0.15, 0.2) is 83.6 Å². The minimum absolute atomic E-state index is 0.123. The van der Waals surface area contributed by atoms with Crippen LogP contribution in [0.1, 0.15) is 52.9 Å². The van der Waals surface area contributed by atoms with Crippen molar-refractivity contribution in [3.8, 4) is 0 Å². The van der Waals surface area contributed by atoms with E-state index in [-0.39, 0.29) is 6.54 Å². The summed E-state index contributed by atoms with van der Waals surface area (Å²) in [6, 6.07) is 0. The first kappa shape index (κ1) is 32.5. The number of carbonyl (C=O) groups excluding carboxylic acids is 3. The van der Waals surface area contributed by atoms with E-state index >= 15 is 0 Å². The van der Waals surface area contributed by atoms with E-state index in [2.05, 4.69) is 11.9 Å². The van der Waals surface area contributed by atoms with E-state index in [0.717, 1.165) is 42.4 Å². The van der Waals surface area contributed by atoms with Crippen LogP contribution in [-0.4, -0.2) is 64.7 Å². The highest BCUT2D eigenvalue weighted by Crippen LogP contribution is 2.29. The number of rotatable bonds is 8. The van der Waals surface area contributed by atoms with Gasteiger partial charge in [-0.15, -0.1) is 0 Å². The van der Waals surface area contributed by atoms with Crippen molar-refractivity contribution in [3.05, 3.63) is 83.6 Å². The summed E-state index contributed by atoms with van der Waals surface area (Å²) in [5, 5.41) is 22.7. The number of allylic oxidation sites excluding steroid dienone is 9. The zero-order chi connectivity index (χ0) is 28.5. The molecule has 1 heterocycles. The maximum Gasteiger partial charge on any atom is 0.254 e. The van der Waals surface area contributed by atoms with Gasteiger partial charge in [0.25, 0.3) is 11.8 Å². The molecule has 3 rings (SSSR count). The fourth-order valence-corrected chi connectivity index (χ4v) is 4.03. The van der Waals surface area contributed by atoms with Crippen molar-refractivity contribution in [2.24, 2.45) is 5.73 Å². The Morgan fingerprint density at radius 1 is 1.11 bits per heavy atom. The van der Waals surface area contributed by atoms with Gasteiger partial charge in [-0.3, -0.25) is 14.4 Å². The van der Waals surface area contributed by atoms with Crippen LogP contribution in [0.5, 0.6) is 0 Å². The summed E-state index contributed by atoms with van der Waals surface area (Å²) >= 11 is 0. The van der Waals surface area contributed by atoms with Crippen molar-refractivity contribution >= 4 is 17.7 Å². The minimum Gasteiger partial charge on any atom is -0.380 e. The topological polar surface area (TPSA) is 133 Å². The molecule has 0 aromatic carbocycles. The molecule has 38 heavy (non-hydrogen) atoms. The third-order valence-electron chi connectivity index (χ3n) is 5.97. The molecule has 2 unspecified atom stereocenters. The van der Waals surface area contributed by atoms with Gasteiger partial charge in [0.15, 0.2) is 12.2 Å². The van der Waals surface area contributed by atoms with Crippen molar-refractivity contribution in [3.63, 3.8) is 0 Å². The van der Waals surface area contributed by atoms with E-state index in [1.807, 2.05) is 69.4 Å². The quantitative estimate of drug-likeness (QED) is 0.361. The van der Waals surface area contributed by atoms with Gasteiger partial charge in [0.05, 0.1) is 0 Å². The van der Waals surface area contributed by atoms with Gasteiger partial charge in [-0.1, -0.05) is 75.1 Å². The second-order valence-corrected chi connectivity index (χ2v) is 8.62. The molecular weight excluding hydrogens is 482 g/mol. The monoisotopic (exact) mass is 525 g/mol. The van der Waals surface area contributed by atoms with Gasteiger partial charge in [0.2, 0.25) is 5.91 Å². The van der Waals surface area contributed by atoms with Crippen LogP contribution in [-0.2, 0) is 14.4 Å². The number of primary amides is 1. The first-order chi connectivity index (χ1) is 18.3. The molecule has 0 saturated carbocycles. The Hall–Kier alpha value is -3.49. The largest absolute Gasteiger partial charge is 0.380 e. The number of hydrogen-bond donors (Lipinski definition) is 4. The van der Waals surface area contributed by atoms with E-state index in [1.54, 1.807) is 6.08 Å². The predicted molar refractivity (Wildman–Crippen MR) is 152 cm³/mol. The lowest BCUT2D eigenvalue weighted by Gasteiger charge is -2.22. The van der Waals surface area contributed by atoms with Crippen molar-refractivity contribution in [2.45, 2.75) is 65.1 Å². The molecule has 0 bridgehead atoms. The molecule has 2 aliphatic carbocycles. The molecule has 208 valence electrons. The normalized spacial score (nSPS) is 18.2. The van der Waals surface area contributed by atoms with Crippen LogP contribution in [0.3, 0.4) is 0 Å². The van der Waals surface area contributed by atoms with E-state index in [4.69, 9.17) is 5.73 Å². The van der Waals surface area contributed by atoms with Crippen LogP contribution in [0.4, 0.5) is 0 Å². The lowest BCUT2D eigenvalue weighted by Crippen LogP contribution is -2.50. The van der Waals surface area contributed by atoms with Gasteiger partial charge in [0, 0.05) is 25.2 Å². The number of nitrogens with one attached hydrogen (secondary N) is 1. The van der Waals surface area contributed by atoms with E-state index < -0.39 is 29.9 Å². The Morgan fingerprint density at radius 3 is 2.34 bits per heavy atom. The number of carbonyl (C=O) groups is 3. The Labute approximate surface area is 226 Å². The first-order valence-electron chi connectivity index (χ1n) is 13.2. The number of aliphatic hydroxyl groups is 2. The van der Waals surface area contributed by atoms with Crippen molar-refractivity contribution in [2.75, 3.05) is 19.6 Å².